The van der Waals surface area contributed by atoms with Crippen molar-refractivity contribution in [2.24, 2.45) is 0 Å². The molecular weight excluding hydrogens is 462 g/mol. The quantitative estimate of drug-likeness (QED) is 0.505. The fourth-order valence-electron chi connectivity index (χ4n) is 4.14. The molecule has 0 saturated carbocycles. The fraction of sp³-hybridized carbons (Fsp3) is 0.407. The second-order valence-electron chi connectivity index (χ2n) is 8.43. The molecule has 0 bridgehead atoms. The maximum absolute atomic E-state index is 12.9. The summed E-state index contributed by atoms with van der Waals surface area (Å²) < 4.78 is 21.6. The molecule has 1 unspecified atom stereocenters. The first kappa shape index (κ1) is 26.9. The molecule has 2 aromatic rings. The van der Waals surface area contributed by atoms with Crippen molar-refractivity contribution in [1.29, 1.82) is 0 Å². The summed E-state index contributed by atoms with van der Waals surface area (Å²) >= 11 is 0. The largest absolute Gasteiger partial charge is 0.497 e. The summed E-state index contributed by atoms with van der Waals surface area (Å²) in [4.78, 5) is 29.3. The van der Waals surface area contributed by atoms with Gasteiger partial charge in [0.05, 0.1) is 28.4 Å². The van der Waals surface area contributed by atoms with E-state index in [9.17, 15) is 9.59 Å². The molecule has 2 aromatic carbocycles. The number of hydrogen-bond acceptors (Lipinski definition) is 7. The van der Waals surface area contributed by atoms with Crippen LogP contribution in [0.3, 0.4) is 0 Å². The Morgan fingerprint density at radius 1 is 0.889 bits per heavy atom. The van der Waals surface area contributed by atoms with Crippen LogP contribution in [0.4, 0.5) is 0 Å². The lowest BCUT2D eigenvalue weighted by atomic mass is 10.1. The lowest BCUT2D eigenvalue weighted by Crippen LogP contribution is -2.53. The maximum atomic E-state index is 12.9. The third-order valence-electron chi connectivity index (χ3n) is 6.14. The normalized spacial score (nSPS) is 14.9. The second-order valence-corrected chi connectivity index (χ2v) is 8.43. The summed E-state index contributed by atoms with van der Waals surface area (Å²) in [5.41, 5.74) is 1.85. The molecule has 0 spiro atoms. The molecule has 1 aliphatic heterocycles. The smallest absolute Gasteiger partial charge is 0.244 e. The van der Waals surface area contributed by atoms with Crippen LogP contribution in [0.2, 0.25) is 0 Å². The Morgan fingerprint density at radius 2 is 1.56 bits per heavy atom. The summed E-state index contributed by atoms with van der Waals surface area (Å²) in [6, 6.07) is 10.6. The highest BCUT2D eigenvalue weighted by molar-refractivity contribution is 5.95. The minimum atomic E-state index is -0.615. The molecule has 1 N–H and O–H groups in total. The molecule has 0 aromatic heterocycles. The number of amides is 2. The first-order valence-electron chi connectivity index (χ1n) is 11.8. The molecule has 3 rings (SSSR count). The molecule has 36 heavy (non-hydrogen) atoms. The van der Waals surface area contributed by atoms with Gasteiger partial charge in [0.25, 0.3) is 0 Å². The zero-order valence-electron chi connectivity index (χ0n) is 21.6. The van der Waals surface area contributed by atoms with Gasteiger partial charge in [0, 0.05) is 44.4 Å². The predicted octanol–water partition coefficient (Wildman–Crippen LogP) is 2.58. The average molecular weight is 498 g/mol. The number of nitrogens with zero attached hydrogens (tertiary/aromatic N) is 2. The zero-order chi connectivity index (χ0) is 26.1. The number of carbonyl (C=O) groups is 2. The van der Waals surface area contributed by atoms with Crippen molar-refractivity contribution in [2.45, 2.75) is 19.5 Å². The van der Waals surface area contributed by atoms with Crippen LogP contribution in [0.15, 0.2) is 42.5 Å². The summed E-state index contributed by atoms with van der Waals surface area (Å²) in [7, 11) is 6.39. The van der Waals surface area contributed by atoms with Crippen molar-refractivity contribution in [2.75, 3.05) is 54.6 Å². The van der Waals surface area contributed by atoms with E-state index in [0.717, 1.165) is 16.9 Å². The SMILES string of the molecule is COc1ccc(/C=C/C(=O)NC(C)C(=O)N2CCN(Cc3ccc(OC)c(OC)c3OC)CC2)cc1. The van der Waals surface area contributed by atoms with Crippen molar-refractivity contribution >= 4 is 17.9 Å². The molecular formula is C27H35N3O6. The van der Waals surface area contributed by atoms with Gasteiger partial charge in [0.15, 0.2) is 11.5 Å². The topological polar surface area (TPSA) is 89.6 Å². The Morgan fingerprint density at radius 3 is 2.14 bits per heavy atom. The number of benzene rings is 2. The lowest BCUT2D eigenvalue weighted by Gasteiger charge is -2.36. The van der Waals surface area contributed by atoms with Gasteiger partial charge in [-0.15, -0.1) is 0 Å². The highest BCUT2D eigenvalue weighted by Crippen LogP contribution is 2.40. The van der Waals surface area contributed by atoms with Gasteiger partial charge in [-0.25, -0.2) is 0 Å². The first-order valence-corrected chi connectivity index (χ1v) is 11.8. The van der Waals surface area contributed by atoms with E-state index in [2.05, 4.69) is 10.2 Å². The Balaban J connectivity index is 1.50. The third-order valence-corrected chi connectivity index (χ3v) is 6.14. The van der Waals surface area contributed by atoms with Gasteiger partial charge >= 0.3 is 0 Å². The molecule has 0 aliphatic carbocycles. The van der Waals surface area contributed by atoms with E-state index in [1.807, 2.05) is 36.4 Å². The van der Waals surface area contributed by atoms with Crippen molar-refractivity contribution < 1.29 is 28.5 Å². The monoisotopic (exact) mass is 497 g/mol. The average Bonchev–Trinajstić information content (AvgIpc) is 2.91. The van der Waals surface area contributed by atoms with Crippen LogP contribution in [0.25, 0.3) is 6.08 Å². The van der Waals surface area contributed by atoms with Crippen LogP contribution in [0, 0.1) is 0 Å². The number of carbonyl (C=O) groups excluding carboxylic acids is 2. The van der Waals surface area contributed by atoms with Crippen molar-refractivity contribution in [1.82, 2.24) is 15.1 Å². The van der Waals surface area contributed by atoms with E-state index in [1.165, 1.54) is 6.08 Å². The number of methoxy groups -OCH3 is 4. The number of rotatable bonds is 10. The van der Waals surface area contributed by atoms with Gasteiger partial charge in [-0.1, -0.05) is 18.2 Å². The number of nitrogens with one attached hydrogen (secondary N) is 1. The van der Waals surface area contributed by atoms with E-state index in [1.54, 1.807) is 46.3 Å². The fourth-order valence-corrected chi connectivity index (χ4v) is 4.14. The van der Waals surface area contributed by atoms with Crippen LogP contribution in [0.5, 0.6) is 23.0 Å². The molecule has 0 radical (unpaired) electrons. The first-order chi connectivity index (χ1) is 17.4. The van der Waals surface area contributed by atoms with Gasteiger partial charge in [0.2, 0.25) is 17.6 Å². The molecule has 1 atom stereocenters. The van der Waals surface area contributed by atoms with Crippen molar-refractivity contribution in [3.05, 3.63) is 53.6 Å². The van der Waals surface area contributed by atoms with Crippen LogP contribution in [0.1, 0.15) is 18.1 Å². The molecule has 1 saturated heterocycles. The summed E-state index contributed by atoms with van der Waals surface area (Å²) in [6.07, 6.45) is 3.13. The Hall–Kier alpha value is -3.72. The molecule has 9 nitrogen and oxygen atoms in total. The number of piperazine rings is 1. The highest BCUT2D eigenvalue weighted by Gasteiger charge is 2.26. The van der Waals surface area contributed by atoms with Gasteiger partial charge < -0.3 is 29.2 Å². The van der Waals surface area contributed by atoms with E-state index in [-0.39, 0.29) is 11.8 Å². The summed E-state index contributed by atoms with van der Waals surface area (Å²) in [5, 5.41) is 2.76. The summed E-state index contributed by atoms with van der Waals surface area (Å²) in [5.74, 6) is 2.17. The maximum Gasteiger partial charge on any atom is 0.244 e. The van der Waals surface area contributed by atoms with Crippen molar-refractivity contribution in [3.63, 3.8) is 0 Å². The number of hydrogen-bond donors (Lipinski definition) is 1. The number of ether oxygens (including phenoxy) is 4. The Labute approximate surface area is 212 Å². The lowest BCUT2D eigenvalue weighted by molar-refractivity contribution is -0.136. The van der Waals surface area contributed by atoms with E-state index in [0.29, 0.717) is 50.0 Å². The second kappa shape index (κ2) is 12.8. The Bertz CT molecular complexity index is 1060. The predicted molar refractivity (Wildman–Crippen MR) is 138 cm³/mol. The van der Waals surface area contributed by atoms with Crippen LogP contribution >= 0.6 is 0 Å². The van der Waals surface area contributed by atoms with Gasteiger partial charge in [0.1, 0.15) is 11.8 Å². The van der Waals surface area contributed by atoms with Crippen LogP contribution in [-0.4, -0.2) is 82.3 Å². The van der Waals surface area contributed by atoms with Gasteiger partial charge in [-0.05, 0) is 36.8 Å². The molecule has 194 valence electrons. The summed E-state index contributed by atoms with van der Waals surface area (Å²) in [6.45, 7) is 4.95. The van der Waals surface area contributed by atoms with Gasteiger partial charge in [-0.2, -0.15) is 0 Å². The third kappa shape index (κ3) is 6.69. The van der Waals surface area contributed by atoms with Crippen LogP contribution < -0.4 is 24.3 Å². The van der Waals surface area contributed by atoms with Crippen LogP contribution in [-0.2, 0) is 16.1 Å². The van der Waals surface area contributed by atoms with Gasteiger partial charge in [-0.3, -0.25) is 14.5 Å². The Kier molecular flexibility index (Phi) is 9.58. The van der Waals surface area contributed by atoms with E-state index < -0.39 is 6.04 Å². The molecule has 1 heterocycles. The molecule has 1 fully saturated rings. The molecule has 1 aliphatic rings. The van der Waals surface area contributed by atoms with E-state index >= 15 is 0 Å². The standard InChI is InChI=1S/C27H35N3O6/c1-19(28-24(31)13-8-20-6-10-22(33-2)11-7-20)27(32)30-16-14-29(15-17-30)18-21-9-12-23(34-3)26(36-5)25(21)35-4/h6-13,19H,14-18H2,1-5H3,(H,28,31)/b13-8+. The minimum Gasteiger partial charge on any atom is -0.497 e. The molecule has 2 amide bonds. The van der Waals surface area contributed by atoms with Crippen molar-refractivity contribution in [3.8, 4) is 23.0 Å². The highest BCUT2D eigenvalue weighted by atomic mass is 16.5. The zero-order valence-corrected chi connectivity index (χ0v) is 21.6. The van der Waals surface area contributed by atoms with E-state index in [4.69, 9.17) is 18.9 Å². The molecule has 9 heteroatoms. The minimum absolute atomic E-state index is 0.0930.